The van der Waals surface area contributed by atoms with Crippen molar-refractivity contribution in [2.45, 2.75) is 78.3 Å². The highest BCUT2D eigenvalue weighted by molar-refractivity contribution is 7.92. The number of sulfonamides is 1. The number of nitrogens with one attached hydrogen (secondary N) is 1. The third kappa shape index (κ3) is 6.45. The summed E-state index contributed by atoms with van der Waals surface area (Å²) in [6.45, 7) is 12.0. The minimum Gasteiger partial charge on any atom is -0.364 e. The van der Waals surface area contributed by atoms with E-state index in [2.05, 4.69) is 9.88 Å². The van der Waals surface area contributed by atoms with Crippen molar-refractivity contribution >= 4 is 27.7 Å². The van der Waals surface area contributed by atoms with E-state index in [4.69, 9.17) is 10.3 Å². The van der Waals surface area contributed by atoms with Crippen molar-refractivity contribution in [2.75, 3.05) is 11.3 Å². The molecule has 2 amide bonds. The van der Waals surface area contributed by atoms with E-state index in [1.54, 1.807) is 32.0 Å². The number of nitrogens with two attached hydrogens (primary N) is 1. The van der Waals surface area contributed by atoms with E-state index >= 15 is 0 Å². The van der Waals surface area contributed by atoms with Gasteiger partial charge in [0.05, 0.1) is 23.6 Å². The van der Waals surface area contributed by atoms with Crippen molar-refractivity contribution in [1.82, 2.24) is 5.16 Å². The van der Waals surface area contributed by atoms with Crippen molar-refractivity contribution in [3.63, 3.8) is 0 Å². The lowest BCUT2D eigenvalue weighted by atomic mass is 9.95. The van der Waals surface area contributed by atoms with Gasteiger partial charge in [-0.1, -0.05) is 74.8 Å². The number of carbonyl (C=O) groups excluding carboxylic acids is 2. The normalized spacial score (nSPS) is 14.1. The molecule has 0 aliphatic rings. The number of amides is 2. The number of carbonyl (C=O) groups is 2. The fraction of sp³-hybridized carbons (Fsp3) is 0.433. The second kappa shape index (κ2) is 12.8. The van der Waals surface area contributed by atoms with Gasteiger partial charge < -0.3 is 10.3 Å². The highest BCUT2D eigenvalue weighted by Gasteiger charge is 2.47. The number of quaternary nitrogens is 1. The number of rotatable bonds is 13. The van der Waals surface area contributed by atoms with Gasteiger partial charge in [-0.15, -0.1) is 0 Å². The molecule has 2 aromatic carbocycles. The van der Waals surface area contributed by atoms with E-state index in [0.717, 1.165) is 18.4 Å². The monoisotopic (exact) mass is 569 g/mol. The first-order chi connectivity index (χ1) is 18.9. The Morgan fingerprint density at radius 1 is 1.05 bits per heavy atom. The van der Waals surface area contributed by atoms with Gasteiger partial charge in [0, 0.05) is 22.6 Å². The predicted molar refractivity (Wildman–Crippen MR) is 156 cm³/mol. The molecule has 9 nitrogen and oxygen atoms in total. The molecular weight excluding hydrogens is 528 g/mol. The Bertz CT molecular complexity index is 1450. The molecule has 0 aliphatic carbocycles. The summed E-state index contributed by atoms with van der Waals surface area (Å²) in [4.78, 5) is 26.3. The van der Waals surface area contributed by atoms with Crippen LogP contribution in [0.15, 0.2) is 57.9 Å². The summed E-state index contributed by atoms with van der Waals surface area (Å²) < 4.78 is 34.3. The number of hydrogen-bond acceptors (Lipinski definition) is 6. The molecule has 0 saturated heterocycles. The van der Waals surface area contributed by atoms with Gasteiger partial charge in [0.1, 0.15) is 6.54 Å². The van der Waals surface area contributed by atoms with Crippen LogP contribution in [0, 0.1) is 19.8 Å². The van der Waals surface area contributed by atoms with E-state index in [0.29, 0.717) is 41.9 Å². The Morgan fingerprint density at radius 2 is 1.70 bits per heavy atom. The number of likely N-dealkylation sites (N-methyl/N-ethyl adjacent to an activating group) is 1. The number of hydrogen-bond donors (Lipinski definition) is 2. The molecule has 0 saturated carbocycles. The van der Waals surface area contributed by atoms with E-state index in [1.165, 1.54) is 6.07 Å². The molecule has 2 atom stereocenters. The molecule has 216 valence electrons. The smallest absolute Gasteiger partial charge is 0.314 e. The molecule has 3 aromatic rings. The lowest BCUT2D eigenvalue weighted by molar-refractivity contribution is -0.885. The molecule has 1 aromatic heterocycles. The zero-order chi connectivity index (χ0) is 29.7. The first-order valence-corrected chi connectivity index (χ1v) is 15.2. The molecule has 1 heterocycles. The van der Waals surface area contributed by atoms with Crippen LogP contribution in [0.5, 0.6) is 0 Å². The molecule has 40 heavy (non-hydrogen) atoms. The number of primary amides is 1. The van der Waals surface area contributed by atoms with Crippen LogP contribution < -0.4 is 10.5 Å². The van der Waals surface area contributed by atoms with Crippen molar-refractivity contribution in [3.05, 3.63) is 65.4 Å². The Hall–Kier alpha value is -3.50. The van der Waals surface area contributed by atoms with Crippen molar-refractivity contribution in [1.29, 1.82) is 0 Å². The van der Waals surface area contributed by atoms with Crippen LogP contribution in [-0.4, -0.2) is 42.5 Å². The molecule has 0 spiro atoms. The molecule has 0 fully saturated rings. The molecule has 10 heteroatoms. The van der Waals surface area contributed by atoms with Gasteiger partial charge in [0.15, 0.2) is 6.04 Å². The Kier molecular flexibility index (Phi) is 9.92. The summed E-state index contributed by atoms with van der Waals surface area (Å²) in [5.41, 5.74) is 9.15. The molecule has 3 N–H and O–H groups in total. The Morgan fingerprint density at radius 3 is 2.23 bits per heavy atom. The van der Waals surface area contributed by atoms with Crippen LogP contribution in [0.2, 0.25) is 0 Å². The molecule has 0 bridgehead atoms. The lowest BCUT2D eigenvalue weighted by Gasteiger charge is -2.42. The number of benzene rings is 2. The van der Waals surface area contributed by atoms with E-state index in [1.807, 2.05) is 52.0 Å². The summed E-state index contributed by atoms with van der Waals surface area (Å²) in [7, 11) is -3.98. The third-order valence-electron chi connectivity index (χ3n) is 7.55. The minimum atomic E-state index is -3.98. The van der Waals surface area contributed by atoms with Crippen LogP contribution in [0.25, 0.3) is 11.1 Å². The minimum absolute atomic E-state index is 0.00591. The van der Waals surface area contributed by atoms with Crippen LogP contribution in [-0.2, 0) is 26.2 Å². The Labute approximate surface area is 237 Å². The summed E-state index contributed by atoms with van der Waals surface area (Å²) in [6, 6.07) is 13.5. The van der Waals surface area contributed by atoms with Gasteiger partial charge >= 0.3 is 5.91 Å². The van der Waals surface area contributed by atoms with Gasteiger partial charge in [-0.2, -0.15) is 0 Å². The van der Waals surface area contributed by atoms with E-state index in [-0.39, 0.29) is 27.1 Å². The van der Waals surface area contributed by atoms with Gasteiger partial charge in [-0.25, -0.2) is 22.4 Å². The standard InChI is InChI=1S/C30H40N4O5S/c1-7-9-14-27(35)34(8-2,28(20(3)4)29(31)36)19-23-15-17-24(18-16-23)25-12-10-11-13-26(25)40(37,38)33-30-21(5)22(6)32-39-30/h10-13,15-18,20,28H,7-9,14,19H2,1-6H3,(H2-,31,32,33,36)/p+1/t28-,34?/m0/s1. The van der Waals surface area contributed by atoms with E-state index < -0.39 is 22.0 Å². The van der Waals surface area contributed by atoms with Crippen LogP contribution in [0.1, 0.15) is 63.8 Å². The van der Waals surface area contributed by atoms with E-state index in [9.17, 15) is 18.0 Å². The molecule has 1 unspecified atom stereocenters. The van der Waals surface area contributed by atoms with Crippen LogP contribution in [0.4, 0.5) is 5.88 Å². The van der Waals surface area contributed by atoms with Gasteiger partial charge in [0.25, 0.3) is 15.9 Å². The SMILES string of the molecule is CCCCC(=O)[N+](CC)(Cc1ccc(-c2ccccc2S(=O)(=O)Nc2onc(C)c2C)cc1)[C@H](C(N)=O)C(C)C. The first kappa shape index (κ1) is 31.0. The highest BCUT2D eigenvalue weighted by Crippen LogP contribution is 2.32. The predicted octanol–water partition coefficient (Wildman–Crippen LogP) is 5.32. The van der Waals surface area contributed by atoms with Gasteiger partial charge in [0.2, 0.25) is 5.88 Å². The maximum atomic E-state index is 13.6. The van der Waals surface area contributed by atoms with Crippen LogP contribution in [0.3, 0.4) is 0 Å². The zero-order valence-corrected chi connectivity index (χ0v) is 25.0. The maximum absolute atomic E-state index is 13.6. The second-order valence-electron chi connectivity index (χ2n) is 10.6. The average molecular weight is 570 g/mol. The topological polar surface area (TPSA) is 132 Å². The molecule has 3 rings (SSSR count). The quantitative estimate of drug-likeness (QED) is 0.268. The summed E-state index contributed by atoms with van der Waals surface area (Å²) >= 11 is 0. The average Bonchev–Trinajstić information content (AvgIpc) is 3.22. The molecular formula is C30H41N4O5S+. The van der Waals surface area contributed by atoms with Crippen molar-refractivity contribution < 1.29 is 27.0 Å². The first-order valence-electron chi connectivity index (χ1n) is 13.7. The number of unbranched alkanes of at least 4 members (excludes halogenated alkanes) is 1. The highest BCUT2D eigenvalue weighted by atomic mass is 32.2. The number of aryl methyl sites for hydroxylation is 1. The zero-order valence-electron chi connectivity index (χ0n) is 24.2. The Balaban J connectivity index is 1.99. The van der Waals surface area contributed by atoms with Gasteiger partial charge in [-0.3, -0.25) is 4.79 Å². The fourth-order valence-electron chi connectivity index (χ4n) is 5.26. The molecule has 0 aliphatic heterocycles. The number of anilines is 1. The largest absolute Gasteiger partial charge is 0.364 e. The summed E-state index contributed by atoms with van der Waals surface area (Å²) in [5, 5.41) is 3.83. The summed E-state index contributed by atoms with van der Waals surface area (Å²) in [6.07, 6.45) is 2.00. The fourth-order valence-corrected chi connectivity index (χ4v) is 6.54. The third-order valence-corrected chi connectivity index (χ3v) is 8.94. The molecule has 0 radical (unpaired) electrons. The van der Waals surface area contributed by atoms with Crippen molar-refractivity contribution in [3.8, 4) is 11.1 Å². The number of nitrogens with zero attached hydrogens (tertiary/aromatic N) is 2. The second-order valence-corrected chi connectivity index (χ2v) is 12.3. The van der Waals surface area contributed by atoms with Gasteiger partial charge in [-0.05, 0) is 38.8 Å². The summed E-state index contributed by atoms with van der Waals surface area (Å²) in [5.74, 6) is -0.518. The van der Waals surface area contributed by atoms with Crippen molar-refractivity contribution in [2.24, 2.45) is 11.7 Å². The van der Waals surface area contributed by atoms with Crippen LogP contribution >= 0.6 is 0 Å². The lowest BCUT2D eigenvalue weighted by Crippen LogP contribution is -2.64. The maximum Gasteiger partial charge on any atom is 0.314 e. The number of aromatic nitrogens is 1.